The van der Waals surface area contributed by atoms with Gasteiger partial charge in [-0.05, 0) is 238 Å². The van der Waals surface area contributed by atoms with Gasteiger partial charge in [0, 0.05) is 12.8 Å². The molecule has 0 aliphatic heterocycles. The summed E-state index contributed by atoms with van der Waals surface area (Å²) < 4.78 is 27.4. The van der Waals surface area contributed by atoms with Gasteiger partial charge in [-0.2, -0.15) is 0 Å². The van der Waals surface area contributed by atoms with Crippen molar-refractivity contribution < 1.29 is 8.78 Å². The third kappa shape index (κ3) is 36.8. The molecule has 6 aliphatic rings. The SMILES string of the molecule is CC(C)CCC(F)(F)CC1(C(C)C)CC1.CC(C)CCC1(CCC(C)C)CC1.CC(C)CCCC1(CC(C)C)CC1.CC(C)CCCC1(CC(C)C)CC1.CC(C)CCCCC1(C(C)C)CC1.CC(C)CCCCC1(C(C)C)CC1. The first-order chi connectivity index (χ1) is 37.0. The third-order valence-corrected chi connectivity index (χ3v) is 21.5. The summed E-state index contributed by atoms with van der Waals surface area (Å²) in [5.41, 5.74) is 3.98. The van der Waals surface area contributed by atoms with Crippen molar-refractivity contribution in [3.8, 4) is 0 Å². The topological polar surface area (TPSA) is 0 Å². The maximum absolute atomic E-state index is 13.7. The van der Waals surface area contributed by atoms with Crippen molar-refractivity contribution in [2.24, 2.45) is 104 Å². The second kappa shape index (κ2) is 37.5. The van der Waals surface area contributed by atoms with Gasteiger partial charge < -0.3 is 0 Å². The zero-order valence-corrected chi connectivity index (χ0v) is 59.9. The van der Waals surface area contributed by atoms with Gasteiger partial charge in [-0.25, -0.2) is 8.78 Å². The van der Waals surface area contributed by atoms with Gasteiger partial charge in [-0.3, -0.25) is 0 Å². The van der Waals surface area contributed by atoms with Gasteiger partial charge in [0.05, 0.1) is 0 Å². The van der Waals surface area contributed by atoms with E-state index >= 15 is 0 Å². The summed E-state index contributed by atoms with van der Waals surface area (Å²) in [6, 6.07) is 0. The van der Waals surface area contributed by atoms with E-state index in [0.29, 0.717) is 18.3 Å². The van der Waals surface area contributed by atoms with Crippen LogP contribution >= 0.6 is 0 Å². The second-order valence-corrected chi connectivity index (χ2v) is 34.9. The molecule has 0 N–H and O–H groups in total. The summed E-state index contributed by atoms with van der Waals surface area (Å²) in [7, 11) is 0. The predicted octanol–water partition coefficient (Wildman–Crippen LogP) is 28.1. The van der Waals surface area contributed by atoms with E-state index in [-0.39, 0.29) is 18.3 Å². The van der Waals surface area contributed by atoms with Crippen LogP contribution in [0, 0.1) is 104 Å². The van der Waals surface area contributed by atoms with Crippen molar-refractivity contribution in [2.75, 3.05) is 0 Å². The van der Waals surface area contributed by atoms with Crippen LogP contribution in [-0.4, -0.2) is 5.92 Å². The van der Waals surface area contributed by atoms with Gasteiger partial charge in [0.15, 0.2) is 0 Å². The van der Waals surface area contributed by atoms with E-state index in [2.05, 4.69) is 152 Å². The summed E-state index contributed by atoms with van der Waals surface area (Å²) in [6.45, 7) is 55.2. The van der Waals surface area contributed by atoms with Crippen molar-refractivity contribution in [3.63, 3.8) is 0 Å². The van der Waals surface area contributed by atoms with E-state index in [4.69, 9.17) is 0 Å². The molecule has 480 valence electrons. The summed E-state index contributed by atoms with van der Waals surface area (Å²) >= 11 is 0. The number of halogens is 2. The molecule has 6 saturated carbocycles. The molecule has 6 rings (SSSR count). The molecule has 0 bridgehead atoms. The van der Waals surface area contributed by atoms with E-state index < -0.39 is 5.92 Å². The zero-order chi connectivity index (χ0) is 61.2. The van der Waals surface area contributed by atoms with E-state index in [1.807, 2.05) is 13.8 Å². The fourth-order valence-electron chi connectivity index (χ4n) is 13.8. The van der Waals surface area contributed by atoms with E-state index in [0.717, 1.165) is 99.1 Å². The first-order valence-corrected chi connectivity index (χ1v) is 36.4. The Morgan fingerprint density at radius 3 is 0.762 bits per heavy atom. The second-order valence-electron chi connectivity index (χ2n) is 34.9. The molecule has 0 amide bonds. The highest BCUT2D eigenvalue weighted by atomic mass is 19.3. The van der Waals surface area contributed by atoms with Crippen LogP contribution in [-0.2, 0) is 0 Å². The molecule has 0 saturated heterocycles. The fourth-order valence-corrected chi connectivity index (χ4v) is 13.8. The molecule has 0 atom stereocenters. The minimum Gasteiger partial charge on any atom is -0.207 e. The van der Waals surface area contributed by atoms with Crippen LogP contribution in [0.5, 0.6) is 0 Å². The monoisotopic (exact) mass is 1130 g/mol. The Bertz CT molecular complexity index is 1400. The van der Waals surface area contributed by atoms with Gasteiger partial charge in [-0.1, -0.05) is 243 Å². The first kappa shape index (κ1) is 77.9. The van der Waals surface area contributed by atoms with Gasteiger partial charge in [-0.15, -0.1) is 0 Å². The number of rotatable bonds is 36. The van der Waals surface area contributed by atoms with E-state index in [1.54, 1.807) is 0 Å². The quantitative estimate of drug-likeness (QED) is 0.0549. The molecule has 6 aliphatic carbocycles. The molecule has 0 radical (unpaired) electrons. The van der Waals surface area contributed by atoms with Crippen molar-refractivity contribution in [1.29, 1.82) is 0 Å². The summed E-state index contributed by atoms with van der Waals surface area (Å²) in [5.74, 6) is 7.39. The van der Waals surface area contributed by atoms with Crippen molar-refractivity contribution in [1.82, 2.24) is 0 Å². The van der Waals surface area contributed by atoms with Crippen molar-refractivity contribution in [3.05, 3.63) is 0 Å². The lowest BCUT2D eigenvalue weighted by Crippen LogP contribution is -2.25. The highest BCUT2D eigenvalue weighted by Crippen LogP contribution is 2.60. The van der Waals surface area contributed by atoms with Crippen LogP contribution in [0.15, 0.2) is 0 Å². The number of alkyl halides is 2. The predicted molar refractivity (Wildman–Crippen MR) is 359 cm³/mol. The maximum Gasteiger partial charge on any atom is 0.248 e. The molecule has 2 heteroatoms. The van der Waals surface area contributed by atoms with Gasteiger partial charge >= 0.3 is 0 Å². The van der Waals surface area contributed by atoms with Crippen LogP contribution in [0.25, 0.3) is 0 Å². The fraction of sp³-hybridized carbons (Fsp3) is 1.00. The van der Waals surface area contributed by atoms with Gasteiger partial charge in [0.1, 0.15) is 0 Å². The number of hydrogen-bond acceptors (Lipinski definition) is 0. The smallest absolute Gasteiger partial charge is 0.207 e. The van der Waals surface area contributed by atoms with E-state index in [9.17, 15) is 8.78 Å². The Labute approximate surface area is 506 Å². The average molecular weight is 1130 g/mol. The lowest BCUT2D eigenvalue weighted by atomic mass is 9.85. The van der Waals surface area contributed by atoms with E-state index in [1.165, 1.54) is 193 Å². The van der Waals surface area contributed by atoms with Crippen LogP contribution in [0.1, 0.15) is 391 Å². The van der Waals surface area contributed by atoms with Crippen molar-refractivity contribution >= 4 is 0 Å². The Kier molecular flexibility index (Phi) is 36.5. The standard InChI is InChI=1S/C13H24F2.5C13H26/c1-10(2)5-6-13(14,15)9-12(7-8-12)11(3)4;1-11(2)5-7-13(9-10-13)8-6-12(3)4;2*1-11(2)6-5-7-13(8-9-13)10-12(3)4;2*1-11(2)7-5-6-8-13(9-10-13)12(3)4/h10-11H,5-9H2,1-4H3;5*11-12H,5-10H2,1-4H3. The molecular weight excluding hydrogens is 975 g/mol. The molecule has 0 aromatic heterocycles. The molecule has 0 nitrogen and oxygen atoms in total. The normalized spacial score (nSPS) is 19.9. The summed E-state index contributed by atoms with van der Waals surface area (Å²) in [4.78, 5) is 0. The Morgan fingerprint density at radius 2 is 0.537 bits per heavy atom. The molecule has 0 unspecified atom stereocenters. The third-order valence-electron chi connectivity index (χ3n) is 21.5. The molecule has 0 aromatic rings. The number of unbranched alkanes of at least 4 members (excludes halogenated alkanes) is 2. The van der Waals surface area contributed by atoms with Crippen molar-refractivity contribution in [2.45, 2.75) is 397 Å². The van der Waals surface area contributed by atoms with Crippen LogP contribution in [0.3, 0.4) is 0 Å². The Hall–Kier alpha value is -0.140. The lowest BCUT2D eigenvalue weighted by molar-refractivity contribution is -0.0456. The summed E-state index contributed by atoms with van der Waals surface area (Å²) in [6.07, 6.45) is 47.3. The van der Waals surface area contributed by atoms with Gasteiger partial charge in [0.25, 0.3) is 0 Å². The molecule has 0 aromatic carbocycles. The minimum atomic E-state index is -2.44. The molecular formula is C78H154F2. The minimum absolute atomic E-state index is 0.0273. The highest BCUT2D eigenvalue weighted by molar-refractivity contribution is 4.99. The maximum atomic E-state index is 13.7. The Morgan fingerprint density at radius 1 is 0.263 bits per heavy atom. The number of hydrogen-bond donors (Lipinski definition) is 0. The largest absolute Gasteiger partial charge is 0.248 e. The van der Waals surface area contributed by atoms with Crippen LogP contribution in [0.4, 0.5) is 8.78 Å². The summed E-state index contributed by atoms with van der Waals surface area (Å²) in [5, 5.41) is 0. The molecule has 0 heterocycles. The first-order valence-electron chi connectivity index (χ1n) is 36.4. The Balaban J connectivity index is 0.000000480. The molecule has 0 spiro atoms. The van der Waals surface area contributed by atoms with Gasteiger partial charge in [0.2, 0.25) is 5.92 Å². The zero-order valence-electron chi connectivity index (χ0n) is 59.9. The molecule has 80 heavy (non-hydrogen) atoms. The highest BCUT2D eigenvalue weighted by Gasteiger charge is 2.52. The lowest BCUT2D eigenvalue weighted by Gasteiger charge is -2.26. The van der Waals surface area contributed by atoms with Crippen LogP contribution in [0.2, 0.25) is 0 Å². The average Bonchev–Trinajstić information content (AvgIpc) is 4.09. The van der Waals surface area contributed by atoms with Crippen LogP contribution < -0.4 is 0 Å². The molecule has 6 fully saturated rings.